The number of unbranched alkanes of at least 4 members (excludes halogenated alkanes) is 4. The van der Waals surface area contributed by atoms with Crippen LogP contribution in [0, 0.1) is 0 Å². The van der Waals surface area contributed by atoms with Gasteiger partial charge < -0.3 is 10.0 Å². The van der Waals surface area contributed by atoms with E-state index in [0.717, 1.165) is 26.1 Å². The van der Waals surface area contributed by atoms with Crippen LogP contribution < -0.4 is 0 Å². The molecule has 2 heteroatoms. The molecule has 152 valence electrons. The number of rotatable bonds is 11. The summed E-state index contributed by atoms with van der Waals surface area (Å²) in [5, 5.41) is 11.4. The van der Waals surface area contributed by atoms with Crippen molar-refractivity contribution >= 4 is 0 Å². The Morgan fingerprint density at radius 3 is 1.82 bits per heavy atom. The third-order valence-corrected chi connectivity index (χ3v) is 6.15. The van der Waals surface area contributed by atoms with Gasteiger partial charge in [0.2, 0.25) is 0 Å². The maximum Gasteiger partial charge on any atom is 0.0776 e. The van der Waals surface area contributed by atoms with E-state index in [-0.39, 0.29) is 12.0 Å². The fourth-order valence-corrected chi connectivity index (χ4v) is 4.62. The first-order valence-corrected chi connectivity index (χ1v) is 11.3. The summed E-state index contributed by atoms with van der Waals surface area (Å²) < 4.78 is 0. The molecule has 2 nitrogen and oxygen atoms in total. The summed E-state index contributed by atoms with van der Waals surface area (Å²) in [6, 6.07) is 17.4. The molecule has 0 unspecified atom stereocenters. The minimum Gasteiger partial charge on any atom is -0.391 e. The summed E-state index contributed by atoms with van der Waals surface area (Å²) in [6.45, 7) is 7.48. The summed E-state index contributed by atoms with van der Waals surface area (Å²) in [5.41, 5.74) is 5.37. The normalized spacial score (nSPS) is 14.7. The first kappa shape index (κ1) is 21.1. The van der Waals surface area contributed by atoms with Crippen LogP contribution in [0.15, 0.2) is 48.5 Å². The van der Waals surface area contributed by atoms with Crippen LogP contribution in [0.3, 0.4) is 0 Å². The van der Waals surface area contributed by atoms with Crippen molar-refractivity contribution in [2.24, 2.45) is 0 Å². The summed E-state index contributed by atoms with van der Waals surface area (Å²) >= 11 is 0. The van der Waals surface area contributed by atoms with Crippen LogP contribution in [0.4, 0.5) is 0 Å². The number of benzene rings is 2. The van der Waals surface area contributed by atoms with Gasteiger partial charge in [0.1, 0.15) is 0 Å². The molecular weight excluding hydrogens is 342 g/mol. The summed E-state index contributed by atoms with van der Waals surface area (Å²) in [5.74, 6) is 0.0843. The Hall–Kier alpha value is -1.64. The van der Waals surface area contributed by atoms with Crippen LogP contribution in [0.25, 0.3) is 0 Å². The van der Waals surface area contributed by atoms with Crippen molar-refractivity contribution in [3.8, 4) is 0 Å². The molecule has 1 aliphatic rings. The smallest absolute Gasteiger partial charge is 0.0776 e. The second-order valence-electron chi connectivity index (χ2n) is 8.33. The van der Waals surface area contributed by atoms with Crippen LogP contribution in [0.1, 0.15) is 80.5 Å². The van der Waals surface area contributed by atoms with E-state index in [0.29, 0.717) is 0 Å². The predicted octanol–water partition coefficient (Wildman–Crippen LogP) is 5.77. The Morgan fingerprint density at radius 1 is 0.821 bits per heavy atom. The molecule has 2 aromatic rings. The highest BCUT2D eigenvalue weighted by Gasteiger charge is 2.31. The van der Waals surface area contributed by atoms with Gasteiger partial charge in [-0.05, 0) is 54.6 Å². The lowest BCUT2D eigenvalue weighted by Gasteiger charge is -2.34. The second kappa shape index (κ2) is 10.8. The van der Waals surface area contributed by atoms with Crippen molar-refractivity contribution in [3.63, 3.8) is 0 Å². The lowest BCUT2D eigenvalue weighted by atomic mass is 9.75. The van der Waals surface area contributed by atoms with Gasteiger partial charge in [-0.2, -0.15) is 0 Å². The van der Waals surface area contributed by atoms with E-state index >= 15 is 0 Å². The molecular formula is C26H37NO. The zero-order valence-electron chi connectivity index (χ0n) is 17.7. The molecule has 0 amide bonds. The van der Waals surface area contributed by atoms with Crippen molar-refractivity contribution in [1.29, 1.82) is 0 Å². The Balaban J connectivity index is 1.78. The Kier molecular flexibility index (Phi) is 8.12. The maximum atomic E-state index is 11.4. The predicted molar refractivity (Wildman–Crippen MR) is 119 cm³/mol. The van der Waals surface area contributed by atoms with Crippen LogP contribution in [-0.2, 0) is 6.42 Å². The van der Waals surface area contributed by atoms with Gasteiger partial charge >= 0.3 is 0 Å². The molecule has 0 spiro atoms. The van der Waals surface area contributed by atoms with E-state index in [1.54, 1.807) is 0 Å². The summed E-state index contributed by atoms with van der Waals surface area (Å²) in [6.07, 6.45) is 8.10. The minimum absolute atomic E-state index is 0.0843. The molecule has 1 N–H and O–H groups in total. The fourth-order valence-electron chi connectivity index (χ4n) is 4.62. The highest BCUT2D eigenvalue weighted by Crippen LogP contribution is 2.38. The van der Waals surface area contributed by atoms with Gasteiger partial charge in [-0.15, -0.1) is 0 Å². The van der Waals surface area contributed by atoms with Crippen LogP contribution >= 0.6 is 0 Å². The molecule has 1 aliphatic carbocycles. The van der Waals surface area contributed by atoms with Crippen LogP contribution in [-0.4, -0.2) is 35.7 Å². The monoisotopic (exact) mass is 379 g/mol. The molecule has 2 aromatic carbocycles. The lowest BCUT2D eigenvalue weighted by Crippen LogP contribution is -2.38. The quantitative estimate of drug-likeness (QED) is 0.501. The van der Waals surface area contributed by atoms with E-state index in [4.69, 9.17) is 0 Å². The number of fused-ring (bicyclic) bond motifs is 2. The van der Waals surface area contributed by atoms with Crippen molar-refractivity contribution in [2.45, 2.75) is 70.8 Å². The number of aliphatic hydroxyl groups excluding tert-OH is 1. The van der Waals surface area contributed by atoms with Gasteiger partial charge in [0.25, 0.3) is 0 Å². The molecule has 0 saturated heterocycles. The topological polar surface area (TPSA) is 23.5 Å². The highest BCUT2D eigenvalue weighted by atomic mass is 16.3. The Morgan fingerprint density at radius 2 is 1.32 bits per heavy atom. The van der Waals surface area contributed by atoms with E-state index < -0.39 is 0 Å². The second-order valence-corrected chi connectivity index (χ2v) is 8.33. The highest BCUT2D eigenvalue weighted by molar-refractivity contribution is 5.49. The third-order valence-electron chi connectivity index (χ3n) is 6.15. The van der Waals surface area contributed by atoms with Gasteiger partial charge in [0.15, 0.2) is 0 Å². The first-order valence-electron chi connectivity index (χ1n) is 11.3. The molecule has 0 bridgehead atoms. The molecule has 0 radical (unpaired) electrons. The van der Waals surface area contributed by atoms with Crippen molar-refractivity contribution < 1.29 is 5.11 Å². The average molecular weight is 380 g/mol. The number of nitrogens with zero attached hydrogens (tertiary/aromatic N) is 1. The summed E-state index contributed by atoms with van der Waals surface area (Å²) in [4.78, 5) is 2.51. The zero-order chi connectivity index (χ0) is 19.8. The minimum atomic E-state index is -0.370. The van der Waals surface area contributed by atoms with Crippen molar-refractivity contribution in [3.05, 3.63) is 70.8 Å². The van der Waals surface area contributed by atoms with Crippen LogP contribution in [0.5, 0.6) is 0 Å². The van der Waals surface area contributed by atoms with Gasteiger partial charge in [0.05, 0.1) is 6.10 Å². The standard InChI is InChI=1S/C26H37NO/c1-3-5-11-17-27(18-12-6-4-2)20-25(28)26-23-15-9-7-13-21(23)19-22-14-8-10-16-24(22)26/h7-10,13-16,25-26,28H,3-6,11-12,17-20H2,1-2H3/t25-/m0/s1. The molecule has 0 aromatic heterocycles. The van der Waals surface area contributed by atoms with Crippen molar-refractivity contribution in [2.75, 3.05) is 19.6 Å². The molecule has 0 fully saturated rings. The van der Waals surface area contributed by atoms with Crippen LogP contribution in [0.2, 0.25) is 0 Å². The molecule has 28 heavy (non-hydrogen) atoms. The van der Waals surface area contributed by atoms with Crippen molar-refractivity contribution in [1.82, 2.24) is 4.90 Å². The molecule has 3 rings (SSSR count). The SMILES string of the molecule is CCCCCN(CCCCC)C[C@H](O)C1c2ccccc2Cc2ccccc21. The first-order chi connectivity index (χ1) is 13.7. The third kappa shape index (κ3) is 5.24. The Bertz CT molecular complexity index is 670. The molecule has 1 atom stereocenters. The molecule has 0 aliphatic heterocycles. The zero-order valence-corrected chi connectivity index (χ0v) is 17.7. The largest absolute Gasteiger partial charge is 0.391 e. The van der Waals surface area contributed by atoms with E-state index in [9.17, 15) is 5.11 Å². The molecule has 0 saturated carbocycles. The van der Waals surface area contributed by atoms with E-state index in [1.165, 1.54) is 60.8 Å². The van der Waals surface area contributed by atoms with Gasteiger partial charge in [-0.3, -0.25) is 0 Å². The van der Waals surface area contributed by atoms with E-state index in [1.807, 2.05) is 0 Å². The molecule has 0 heterocycles. The number of hydrogen-bond donors (Lipinski definition) is 1. The van der Waals surface area contributed by atoms with Gasteiger partial charge in [-0.25, -0.2) is 0 Å². The van der Waals surface area contributed by atoms with Gasteiger partial charge in [0, 0.05) is 12.5 Å². The maximum absolute atomic E-state index is 11.4. The van der Waals surface area contributed by atoms with Gasteiger partial charge in [-0.1, -0.05) is 88.1 Å². The number of aliphatic hydroxyl groups is 1. The Labute approximate surface area is 171 Å². The lowest BCUT2D eigenvalue weighted by molar-refractivity contribution is 0.0962. The number of hydrogen-bond acceptors (Lipinski definition) is 2. The van der Waals surface area contributed by atoms with E-state index in [2.05, 4.69) is 67.3 Å². The average Bonchev–Trinajstić information content (AvgIpc) is 2.72. The summed E-state index contributed by atoms with van der Waals surface area (Å²) in [7, 11) is 0. The fraction of sp³-hybridized carbons (Fsp3) is 0.538.